The molecule has 0 saturated heterocycles. The predicted molar refractivity (Wildman–Crippen MR) is 316 cm³/mol. The van der Waals surface area contributed by atoms with Gasteiger partial charge in [-0.05, 0) is 109 Å². The van der Waals surface area contributed by atoms with Gasteiger partial charge in [0.2, 0.25) is 0 Å². The maximum atomic E-state index is 12.8. The molecule has 1 atom stereocenters. The number of hydrogen-bond donors (Lipinski definition) is 0. The summed E-state index contributed by atoms with van der Waals surface area (Å²) in [6.07, 6.45) is 83.6. The lowest BCUT2D eigenvalue weighted by atomic mass is 10.0. The summed E-state index contributed by atoms with van der Waals surface area (Å²) in [6, 6.07) is 0. The van der Waals surface area contributed by atoms with Crippen molar-refractivity contribution >= 4 is 17.9 Å². The summed E-state index contributed by atoms with van der Waals surface area (Å²) in [5.41, 5.74) is 0. The molecule has 414 valence electrons. The summed E-state index contributed by atoms with van der Waals surface area (Å²) in [5, 5.41) is 0. The Kier molecular flexibility index (Phi) is 56.9. The number of rotatable bonds is 53. The van der Waals surface area contributed by atoms with Crippen molar-refractivity contribution in [2.24, 2.45) is 0 Å². The van der Waals surface area contributed by atoms with E-state index in [9.17, 15) is 14.4 Å². The highest BCUT2D eigenvalue weighted by Gasteiger charge is 2.19. The summed E-state index contributed by atoms with van der Waals surface area (Å²) >= 11 is 0. The van der Waals surface area contributed by atoms with Gasteiger partial charge in [0.1, 0.15) is 13.2 Å². The molecule has 0 N–H and O–H groups in total. The molecule has 6 heteroatoms. The van der Waals surface area contributed by atoms with Crippen LogP contribution in [-0.2, 0) is 28.6 Å². The van der Waals surface area contributed by atoms with Gasteiger partial charge in [0.25, 0.3) is 0 Å². The van der Waals surface area contributed by atoms with Gasteiger partial charge in [-0.1, -0.05) is 258 Å². The standard InChI is InChI=1S/C67H110O6/c1-4-7-10-13-16-19-21-23-25-26-27-28-29-30-31-32-33-34-35-36-37-38-39-40-42-43-45-48-51-54-57-60-66(69)72-63-64(62-71-65(68)59-56-53-50-47-18-15-12-9-6-3)73-67(70)61-58-55-52-49-46-44-41-24-22-20-17-14-11-8-5-2/h7-8,10-11,16-17,19-20,23-25,27-28,30-31,33-34,41,46,49,64H,4-6,9,12-15,18,21-22,26,29,32,35-40,42-45,47-48,50-63H2,1-3H3/b10-7-,11-8-,19-16-,20-17-,25-23-,28-27-,31-30-,34-33-,41-24-,49-46-. The quantitative estimate of drug-likeness (QED) is 0.0261. The van der Waals surface area contributed by atoms with Crippen molar-refractivity contribution in [3.05, 3.63) is 122 Å². The molecule has 0 aliphatic carbocycles. The average Bonchev–Trinajstić information content (AvgIpc) is 3.39. The normalized spacial score (nSPS) is 13.0. The molecule has 73 heavy (non-hydrogen) atoms. The minimum Gasteiger partial charge on any atom is -0.462 e. The van der Waals surface area contributed by atoms with E-state index in [0.717, 1.165) is 116 Å². The second-order valence-electron chi connectivity index (χ2n) is 19.5. The summed E-state index contributed by atoms with van der Waals surface area (Å²) in [6.45, 7) is 6.35. The third-order valence-corrected chi connectivity index (χ3v) is 12.5. The number of carbonyl (C=O) groups excluding carboxylic acids is 3. The molecular formula is C67H110O6. The monoisotopic (exact) mass is 1010 g/mol. The van der Waals surface area contributed by atoms with Crippen LogP contribution in [-0.4, -0.2) is 37.2 Å². The molecule has 0 radical (unpaired) electrons. The molecule has 0 aromatic rings. The van der Waals surface area contributed by atoms with Gasteiger partial charge >= 0.3 is 17.9 Å². The van der Waals surface area contributed by atoms with Gasteiger partial charge in [0.15, 0.2) is 6.10 Å². The van der Waals surface area contributed by atoms with Gasteiger partial charge in [-0.25, -0.2) is 0 Å². The van der Waals surface area contributed by atoms with E-state index in [1.165, 1.54) is 103 Å². The maximum Gasteiger partial charge on any atom is 0.306 e. The fraction of sp³-hybridized carbons (Fsp3) is 0.657. The van der Waals surface area contributed by atoms with Crippen LogP contribution in [0.5, 0.6) is 0 Å². The van der Waals surface area contributed by atoms with E-state index in [1.807, 2.05) is 0 Å². The van der Waals surface area contributed by atoms with Gasteiger partial charge in [-0.3, -0.25) is 14.4 Å². The molecule has 0 fully saturated rings. The molecule has 0 aromatic carbocycles. The Morgan fingerprint density at radius 1 is 0.288 bits per heavy atom. The van der Waals surface area contributed by atoms with Crippen LogP contribution in [0.25, 0.3) is 0 Å². The zero-order valence-corrected chi connectivity index (χ0v) is 47.4. The molecule has 0 aromatic heterocycles. The van der Waals surface area contributed by atoms with E-state index < -0.39 is 6.10 Å². The minimum absolute atomic E-state index is 0.0949. The summed E-state index contributed by atoms with van der Waals surface area (Å²) < 4.78 is 16.8. The number of carbonyl (C=O) groups is 3. The molecule has 0 bridgehead atoms. The third-order valence-electron chi connectivity index (χ3n) is 12.5. The SMILES string of the molecule is CC/C=C\C/C=C\C/C=C\C/C=C\C/C=C\C/C=C\CCCCCCCCCCCCCCC(=O)OCC(COC(=O)CCCCCCCCCCC)OC(=O)CCCC/C=C\C/C=C\C/C=C\C/C=C\CC. The maximum absolute atomic E-state index is 12.8. The number of allylic oxidation sites excluding steroid dienone is 20. The smallest absolute Gasteiger partial charge is 0.306 e. The first-order valence-electron chi connectivity index (χ1n) is 30.0. The van der Waals surface area contributed by atoms with Crippen molar-refractivity contribution < 1.29 is 28.6 Å². The summed E-state index contributed by atoms with van der Waals surface area (Å²) in [5.74, 6) is -0.942. The first-order valence-corrected chi connectivity index (χ1v) is 30.0. The fourth-order valence-electron chi connectivity index (χ4n) is 8.03. The average molecular weight is 1010 g/mol. The first kappa shape index (κ1) is 68.8. The molecular weight excluding hydrogens is 901 g/mol. The lowest BCUT2D eigenvalue weighted by Crippen LogP contribution is -2.30. The molecule has 0 saturated carbocycles. The molecule has 0 amide bonds. The van der Waals surface area contributed by atoms with E-state index in [-0.39, 0.29) is 37.5 Å². The molecule has 0 rings (SSSR count). The van der Waals surface area contributed by atoms with Gasteiger partial charge in [-0.2, -0.15) is 0 Å². The lowest BCUT2D eigenvalue weighted by Gasteiger charge is -2.18. The molecule has 0 spiro atoms. The second-order valence-corrected chi connectivity index (χ2v) is 19.5. The molecule has 0 aliphatic rings. The highest BCUT2D eigenvalue weighted by molar-refractivity contribution is 5.71. The van der Waals surface area contributed by atoms with Crippen LogP contribution in [0.3, 0.4) is 0 Å². The van der Waals surface area contributed by atoms with E-state index in [0.29, 0.717) is 19.3 Å². The highest BCUT2D eigenvalue weighted by Crippen LogP contribution is 2.15. The van der Waals surface area contributed by atoms with Crippen LogP contribution >= 0.6 is 0 Å². The Labute approximate surface area is 450 Å². The summed E-state index contributed by atoms with van der Waals surface area (Å²) in [4.78, 5) is 38.0. The van der Waals surface area contributed by atoms with Crippen molar-refractivity contribution in [3.63, 3.8) is 0 Å². The zero-order chi connectivity index (χ0) is 52.9. The minimum atomic E-state index is -0.800. The van der Waals surface area contributed by atoms with E-state index in [1.54, 1.807) is 0 Å². The van der Waals surface area contributed by atoms with Crippen LogP contribution in [0.2, 0.25) is 0 Å². The van der Waals surface area contributed by atoms with E-state index >= 15 is 0 Å². The van der Waals surface area contributed by atoms with Crippen molar-refractivity contribution in [1.29, 1.82) is 0 Å². The predicted octanol–water partition coefficient (Wildman–Crippen LogP) is 20.4. The number of ether oxygens (including phenoxy) is 3. The van der Waals surface area contributed by atoms with E-state index in [2.05, 4.69) is 142 Å². The topological polar surface area (TPSA) is 78.9 Å². The number of unbranched alkanes of at least 4 members (excludes halogenated alkanes) is 22. The lowest BCUT2D eigenvalue weighted by molar-refractivity contribution is -0.167. The van der Waals surface area contributed by atoms with Gasteiger partial charge in [0, 0.05) is 19.3 Å². The zero-order valence-electron chi connectivity index (χ0n) is 47.4. The Hall–Kier alpha value is -4.19. The Bertz CT molecular complexity index is 1540. The Morgan fingerprint density at radius 2 is 0.534 bits per heavy atom. The van der Waals surface area contributed by atoms with E-state index in [4.69, 9.17) is 14.2 Å². The third kappa shape index (κ3) is 58.6. The van der Waals surface area contributed by atoms with Crippen LogP contribution < -0.4 is 0 Å². The van der Waals surface area contributed by atoms with Crippen molar-refractivity contribution in [2.75, 3.05) is 13.2 Å². The molecule has 0 heterocycles. The van der Waals surface area contributed by atoms with Gasteiger partial charge in [-0.15, -0.1) is 0 Å². The fourth-order valence-corrected chi connectivity index (χ4v) is 8.03. The summed E-state index contributed by atoms with van der Waals surface area (Å²) in [7, 11) is 0. The molecule has 0 aliphatic heterocycles. The van der Waals surface area contributed by atoms with Crippen LogP contribution in [0.15, 0.2) is 122 Å². The Morgan fingerprint density at radius 3 is 0.863 bits per heavy atom. The second kappa shape index (κ2) is 60.4. The highest BCUT2D eigenvalue weighted by atomic mass is 16.6. The number of hydrogen-bond acceptors (Lipinski definition) is 6. The van der Waals surface area contributed by atoms with Gasteiger partial charge in [0.05, 0.1) is 0 Å². The van der Waals surface area contributed by atoms with Crippen molar-refractivity contribution in [2.45, 2.75) is 271 Å². The molecule has 6 nitrogen and oxygen atoms in total. The largest absolute Gasteiger partial charge is 0.462 e. The van der Waals surface area contributed by atoms with Crippen molar-refractivity contribution in [1.82, 2.24) is 0 Å². The first-order chi connectivity index (χ1) is 36.0. The van der Waals surface area contributed by atoms with Crippen LogP contribution in [0.1, 0.15) is 265 Å². The van der Waals surface area contributed by atoms with Crippen LogP contribution in [0.4, 0.5) is 0 Å². The molecule has 1 unspecified atom stereocenters. The Balaban J connectivity index is 4.20. The van der Waals surface area contributed by atoms with Crippen LogP contribution in [0, 0.1) is 0 Å². The van der Waals surface area contributed by atoms with Crippen molar-refractivity contribution in [3.8, 4) is 0 Å². The van der Waals surface area contributed by atoms with Gasteiger partial charge < -0.3 is 14.2 Å². The number of esters is 3.